The van der Waals surface area contributed by atoms with E-state index in [4.69, 9.17) is 19.7 Å². The highest BCUT2D eigenvalue weighted by atomic mass is 16.5. The van der Waals surface area contributed by atoms with Gasteiger partial charge < -0.3 is 19.7 Å². The molecule has 0 saturated carbocycles. The predicted molar refractivity (Wildman–Crippen MR) is 49.5 cm³/mol. The van der Waals surface area contributed by atoms with E-state index in [0.717, 1.165) is 0 Å². The van der Waals surface area contributed by atoms with Crippen LogP contribution in [0.25, 0.3) is 0 Å². The number of ether oxygens (including phenoxy) is 2. The number of rotatable bonds is 7. The topological polar surface area (TPSA) is 58.9 Å². The second-order valence-electron chi connectivity index (χ2n) is 3.34. The molecule has 4 nitrogen and oxygen atoms in total. The summed E-state index contributed by atoms with van der Waals surface area (Å²) in [7, 11) is 1.61. The average Bonchev–Trinajstić information content (AvgIpc) is 2.05. The first kappa shape index (κ1) is 12.8. The highest BCUT2D eigenvalue weighted by Crippen LogP contribution is 2.07. The number of hydrogen-bond acceptors (Lipinski definition) is 4. The summed E-state index contributed by atoms with van der Waals surface area (Å²) in [6, 6.07) is 0. The van der Waals surface area contributed by atoms with Gasteiger partial charge in [-0.05, 0) is 6.92 Å². The van der Waals surface area contributed by atoms with Crippen molar-refractivity contribution < 1.29 is 19.7 Å². The lowest BCUT2D eigenvalue weighted by Crippen LogP contribution is -2.31. The summed E-state index contributed by atoms with van der Waals surface area (Å²) in [5.74, 6) is 0.133. The Balaban J connectivity index is 3.73. The molecule has 0 saturated heterocycles. The molecule has 13 heavy (non-hydrogen) atoms. The van der Waals surface area contributed by atoms with Crippen LogP contribution in [0.3, 0.4) is 0 Å². The van der Waals surface area contributed by atoms with Crippen molar-refractivity contribution in [2.24, 2.45) is 5.92 Å². The van der Waals surface area contributed by atoms with Crippen LogP contribution in [0.5, 0.6) is 0 Å². The molecule has 0 aromatic carbocycles. The first-order valence-corrected chi connectivity index (χ1v) is 4.51. The maximum Gasteiger partial charge on any atom is 0.0854 e. The van der Waals surface area contributed by atoms with E-state index < -0.39 is 6.10 Å². The van der Waals surface area contributed by atoms with Crippen molar-refractivity contribution in [2.45, 2.75) is 26.1 Å². The minimum Gasteiger partial charge on any atom is -0.394 e. The molecule has 0 aliphatic rings. The van der Waals surface area contributed by atoms with E-state index in [1.54, 1.807) is 14.0 Å². The van der Waals surface area contributed by atoms with Gasteiger partial charge in [-0.15, -0.1) is 0 Å². The molecule has 0 spiro atoms. The third-order valence-electron chi connectivity index (χ3n) is 1.80. The summed E-state index contributed by atoms with van der Waals surface area (Å²) >= 11 is 0. The molecular weight excluding hydrogens is 172 g/mol. The molecule has 0 aromatic rings. The standard InChI is InChI=1S/C9H20O4/c1-7(5-12-3)9(4-10)13-6-8(2)11/h7-11H,4-6H2,1-3H3. The van der Waals surface area contributed by atoms with Crippen molar-refractivity contribution >= 4 is 0 Å². The lowest BCUT2D eigenvalue weighted by atomic mass is 10.1. The van der Waals surface area contributed by atoms with Gasteiger partial charge in [0.05, 0.1) is 32.0 Å². The highest BCUT2D eigenvalue weighted by Gasteiger charge is 2.17. The molecule has 0 radical (unpaired) electrons. The van der Waals surface area contributed by atoms with Crippen LogP contribution in [-0.4, -0.2) is 49.4 Å². The van der Waals surface area contributed by atoms with Crippen molar-refractivity contribution in [3.8, 4) is 0 Å². The molecular formula is C9H20O4. The van der Waals surface area contributed by atoms with Gasteiger partial charge in [-0.25, -0.2) is 0 Å². The molecule has 0 aliphatic heterocycles. The zero-order chi connectivity index (χ0) is 10.3. The van der Waals surface area contributed by atoms with Crippen LogP contribution in [0.4, 0.5) is 0 Å². The van der Waals surface area contributed by atoms with Gasteiger partial charge in [0.1, 0.15) is 0 Å². The fourth-order valence-corrected chi connectivity index (χ4v) is 1.03. The van der Waals surface area contributed by atoms with Gasteiger partial charge >= 0.3 is 0 Å². The summed E-state index contributed by atoms with van der Waals surface area (Å²) in [4.78, 5) is 0. The van der Waals surface area contributed by atoms with Gasteiger partial charge in [0.25, 0.3) is 0 Å². The Bertz CT molecular complexity index is 116. The molecule has 2 N–H and O–H groups in total. The molecule has 3 unspecified atom stereocenters. The molecule has 0 aliphatic carbocycles. The maximum atomic E-state index is 8.97. The lowest BCUT2D eigenvalue weighted by Gasteiger charge is -2.22. The minimum atomic E-state index is -0.496. The summed E-state index contributed by atoms with van der Waals surface area (Å²) in [5, 5.41) is 17.9. The van der Waals surface area contributed by atoms with Gasteiger partial charge in [0, 0.05) is 13.0 Å². The molecule has 3 atom stereocenters. The van der Waals surface area contributed by atoms with E-state index in [-0.39, 0.29) is 25.2 Å². The van der Waals surface area contributed by atoms with Crippen LogP contribution in [-0.2, 0) is 9.47 Å². The molecule has 0 amide bonds. The van der Waals surface area contributed by atoms with Crippen molar-refractivity contribution in [3.63, 3.8) is 0 Å². The maximum absolute atomic E-state index is 8.97. The lowest BCUT2D eigenvalue weighted by molar-refractivity contribution is -0.0630. The summed E-state index contributed by atoms with van der Waals surface area (Å²) in [6.07, 6.45) is -0.752. The number of aliphatic hydroxyl groups excluding tert-OH is 2. The quantitative estimate of drug-likeness (QED) is 0.597. The molecule has 0 heterocycles. The van der Waals surface area contributed by atoms with Gasteiger partial charge in [0.2, 0.25) is 0 Å². The zero-order valence-corrected chi connectivity index (χ0v) is 8.56. The predicted octanol–water partition coefficient (Wildman–Crippen LogP) is 0.0272. The monoisotopic (exact) mass is 192 g/mol. The van der Waals surface area contributed by atoms with Crippen molar-refractivity contribution in [1.82, 2.24) is 0 Å². The number of methoxy groups -OCH3 is 1. The molecule has 0 bridgehead atoms. The average molecular weight is 192 g/mol. The van der Waals surface area contributed by atoms with Gasteiger partial charge in [0.15, 0.2) is 0 Å². The van der Waals surface area contributed by atoms with Crippen LogP contribution >= 0.6 is 0 Å². The third kappa shape index (κ3) is 5.99. The Labute approximate surface area is 79.5 Å². The van der Waals surface area contributed by atoms with Crippen LogP contribution in [0.15, 0.2) is 0 Å². The van der Waals surface area contributed by atoms with Crippen molar-refractivity contribution in [3.05, 3.63) is 0 Å². The van der Waals surface area contributed by atoms with Crippen molar-refractivity contribution in [2.75, 3.05) is 26.9 Å². The normalized spacial score (nSPS) is 18.2. The van der Waals surface area contributed by atoms with Crippen LogP contribution < -0.4 is 0 Å². The van der Waals surface area contributed by atoms with E-state index >= 15 is 0 Å². The van der Waals surface area contributed by atoms with Crippen molar-refractivity contribution in [1.29, 1.82) is 0 Å². The molecule has 0 aromatic heterocycles. The molecule has 80 valence electrons. The fraction of sp³-hybridized carbons (Fsp3) is 1.00. The minimum absolute atomic E-state index is 0.0444. The third-order valence-corrected chi connectivity index (χ3v) is 1.80. The van der Waals surface area contributed by atoms with E-state index in [2.05, 4.69) is 0 Å². The van der Waals surface area contributed by atoms with E-state index in [0.29, 0.717) is 6.61 Å². The summed E-state index contributed by atoms with van der Waals surface area (Å²) in [5.41, 5.74) is 0. The zero-order valence-electron chi connectivity index (χ0n) is 8.56. The smallest absolute Gasteiger partial charge is 0.0854 e. The Morgan fingerprint density at radius 3 is 2.23 bits per heavy atom. The van der Waals surface area contributed by atoms with Crippen LogP contribution in [0.2, 0.25) is 0 Å². The van der Waals surface area contributed by atoms with Gasteiger partial charge in [-0.3, -0.25) is 0 Å². The second kappa shape index (κ2) is 7.26. The summed E-state index contributed by atoms with van der Waals surface area (Å²) < 4.78 is 10.2. The molecule has 0 rings (SSSR count). The summed E-state index contributed by atoms with van der Waals surface area (Å²) in [6.45, 7) is 4.34. The van der Waals surface area contributed by atoms with E-state index in [1.807, 2.05) is 6.92 Å². The second-order valence-corrected chi connectivity index (χ2v) is 3.34. The van der Waals surface area contributed by atoms with Gasteiger partial charge in [-0.2, -0.15) is 0 Å². The Kier molecular flexibility index (Phi) is 7.17. The molecule has 0 fully saturated rings. The number of aliphatic hydroxyl groups is 2. The van der Waals surface area contributed by atoms with E-state index in [9.17, 15) is 0 Å². The first-order chi connectivity index (χ1) is 6.11. The largest absolute Gasteiger partial charge is 0.394 e. The fourth-order valence-electron chi connectivity index (χ4n) is 1.03. The highest BCUT2D eigenvalue weighted by molar-refractivity contribution is 4.65. The Hall–Kier alpha value is -0.160. The molecule has 4 heteroatoms. The van der Waals surface area contributed by atoms with Crippen LogP contribution in [0, 0.1) is 5.92 Å². The van der Waals surface area contributed by atoms with Gasteiger partial charge in [-0.1, -0.05) is 6.92 Å². The SMILES string of the molecule is COCC(C)C(CO)OCC(C)O. The number of hydrogen-bond donors (Lipinski definition) is 2. The van der Waals surface area contributed by atoms with E-state index in [1.165, 1.54) is 0 Å². The Morgan fingerprint density at radius 1 is 1.23 bits per heavy atom. The first-order valence-electron chi connectivity index (χ1n) is 4.51. The van der Waals surface area contributed by atoms with Crippen LogP contribution in [0.1, 0.15) is 13.8 Å². The Morgan fingerprint density at radius 2 is 1.85 bits per heavy atom.